The maximum Gasteiger partial charge on any atom is 0.306 e. The molecule has 0 aromatic heterocycles. The van der Waals surface area contributed by atoms with E-state index in [2.05, 4.69) is 12.5 Å². The Morgan fingerprint density at radius 2 is 1.80 bits per heavy atom. The normalized spacial score (nSPS) is 11.4. The van der Waals surface area contributed by atoms with E-state index < -0.39 is 10.1 Å². The molecule has 0 amide bonds. The fraction of sp³-hybridized carbons (Fsp3) is 0.100. The molecule has 0 saturated carbocycles. The van der Waals surface area contributed by atoms with Crippen LogP contribution < -0.4 is 4.74 Å². The van der Waals surface area contributed by atoms with Crippen LogP contribution in [0.15, 0.2) is 66.9 Å². The van der Waals surface area contributed by atoms with Gasteiger partial charge >= 0.3 is 10.1 Å². The van der Waals surface area contributed by atoms with Crippen molar-refractivity contribution in [1.82, 2.24) is 0 Å². The molecule has 0 saturated heterocycles. The summed E-state index contributed by atoms with van der Waals surface area (Å²) in [5, 5.41) is 0. The van der Waals surface area contributed by atoms with Crippen LogP contribution in [0.25, 0.3) is 11.6 Å². The van der Waals surface area contributed by atoms with Crippen LogP contribution in [0.2, 0.25) is 0 Å². The van der Waals surface area contributed by atoms with Crippen molar-refractivity contribution in [3.8, 4) is 18.1 Å². The number of allylic oxidation sites excluding steroid dienone is 1. The van der Waals surface area contributed by atoms with Gasteiger partial charge in [0.2, 0.25) is 0 Å². The summed E-state index contributed by atoms with van der Waals surface area (Å²) >= 11 is 0. The highest BCUT2D eigenvalue weighted by Gasteiger charge is 2.14. The second kappa shape index (κ2) is 8.22. The van der Waals surface area contributed by atoms with Crippen molar-refractivity contribution in [3.05, 3.63) is 78.1 Å². The number of hydrogen-bond donors (Lipinski definition) is 0. The van der Waals surface area contributed by atoms with E-state index in [0.29, 0.717) is 11.3 Å². The minimum Gasteiger partial charge on any atom is -0.480 e. The van der Waals surface area contributed by atoms with E-state index in [4.69, 9.17) is 15.3 Å². The van der Waals surface area contributed by atoms with Crippen LogP contribution in [-0.4, -0.2) is 21.3 Å². The predicted molar refractivity (Wildman–Crippen MR) is 100 cm³/mol. The lowest BCUT2D eigenvalue weighted by Gasteiger charge is -2.13. The number of benzene rings is 2. The summed E-state index contributed by atoms with van der Waals surface area (Å²) in [6, 6.07) is 16.5. The van der Waals surface area contributed by atoms with Crippen LogP contribution in [0.1, 0.15) is 11.1 Å². The molecule has 0 radical (unpaired) electrons. The largest absolute Gasteiger partial charge is 0.480 e. The van der Waals surface area contributed by atoms with E-state index in [1.54, 1.807) is 12.1 Å². The summed E-state index contributed by atoms with van der Waals surface area (Å²) in [4.78, 5) is 0. The molecule has 0 heterocycles. The van der Waals surface area contributed by atoms with Crippen LogP contribution >= 0.6 is 0 Å². The van der Waals surface area contributed by atoms with Crippen LogP contribution in [-0.2, 0) is 14.3 Å². The molecule has 25 heavy (non-hydrogen) atoms. The van der Waals surface area contributed by atoms with Gasteiger partial charge in [0, 0.05) is 11.1 Å². The fourth-order valence-electron chi connectivity index (χ4n) is 2.18. The van der Waals surface area contributed by atoms with E-state index in [1.165, 1.54) is 0 Å². The van der Waals surface area contributed by atoms with Gasteiger partial charge in [0.25, 0.3) is 0 Å². The maximum atomic E-state index is 11.5. The first-order chi connectivity index (χ1) is 11.9. The maximum absolute atomic E-state index is 11.5. The number of rotatable bonds is 7. The molecule has 0 bridgehead atoms. The van der Waals surface area contributed by atoms with Crippen molar-refractivity contribution in [3.63, 3.8) is 0 Å². The van der Waals surface area contributed by atoms with Crippen molar-refractivity contribution in [1.29, 1.82) is 0 Å². The van der Waals surface area contributed by atoms with E-state index in [-0.39, 0.29) is 12.4 Å². The SMILES string of the molecule is C#CCOc1ccccc1/C=C(/C(=C)OS(C)(=O)=O)c1ccccc1. The zero-order chi connectivity index (χ0) is 18.3. The number of para-hydroxylation sites is 1. The number of hydrogen-bond acceptors (Lipinski definition) is 4. The van der Waals surface area contributed by atoms with E-state index in [0.717, 1.165) is 17.4 Å². The van der Waals surface area contributed by atoms with E-state index in [9.17, 15) is 8.42 Å². The summed E-state index contributed by atoms with van der Waals surface area (Å²) < 4.78 is 33.5. The quantitative estimate of drug-likeness (QED) is 0.250. The number of ether oxygens (including phenoxy) is 1. The van der Waals surface area contributed by atoms with Gasteiger partial charge in [-0.1, -0.05) is 61.0 Å². The molecule has 4 nitrogen and oxygen atoms in total. The highest BCUT2D eigenvalue weighted by atomic mass is 32.2. The molecule has 0 fully saturated rings. The average molecular weight is 354 g/mol. The van der Waals surface area contributed by atoms with Gasteiger partial charge in [-0.05, 0) is 17.7 Å². The van der Waals surface area contributed by atoms with Gasteiger partial charge in [0.05, 0.1) is 6.26 Å². The molecule has 128 valence electrons. The second-order valence-corrected chi connectivity index (χ2v) is 6.74. The molecular formula is C20H18O4S. The lowest BCUT2D eigenvalue weighted by atomic mass is 10.0. The second-order valence-electron chi connectivity index (χ2n) is 5.17. The summed E-state index contributed by atoms with van der Waals surface area (Å²) in [5.41, 5.74) is 2.03. The lowest BCUT2D eigenvalue weighted by molar-refractivity contribution is 0.369. The van der Waals surface area contributed by atoms with Crippen molar-refractivity contribution in [2.45, 2.75) is 0 Å². The molecule has 5 heteroatoms. The summed E-state index contributed by atoms with van der Waals surface area (Å²) in [7, 11) is -3.69. The van der Waals surface area contributed by atoms with Crippen molar-refractivity contribution >= 4 is 21.8 Å². The van der Waals surface area contributed by atoms with Crippen LogP contribution in [0.4, 0.5) is 0 Å². The monoisotopic (exact) mass is 354 g/mol. The van der Waals surface area contributed by atoms with Crippen molar-refractivity contribution in [2.24, 2.45) is 0 Å². The van der Waals surface area contributed by atoms with Gasteiger partial charge in [-0.3, -0.25) is 0 Å². The molecule has 0 spiro atoms. The standard InChI is InChI=1S/C20H18O4S/c1-4-14-23-20-13-9-8-12-18(20)15-19(16(2)24-25(3,21)22)17-10-6-5-7-11-17/h1,5-13,15H,2,14H2,3H3/b19-15-. The Kier molecular flexibility index (Phi) is 6.04. The molecule has 0 atom stereocenters. The molecule has 0 aliphatic heterocycles. The predicted octanol–water partition coefficient (Wildman–Crippen LogP) is 3.73. The van der Waals surface area contributed by atoms with Gasteiger partial charge in [0.1, 0.15) is 18.1 Å². The molecule has 2 aromatic carbocycles. The van der Waals surface area contributed by atoms with E-state index in [1.807, 2.05) is 48.5 Å². The summed E-state index contributed by atoms with van der Waals surface area (Å²) in [5.74, 6) is 3.03. The molecule has 2 aromatic rings. The fourth-order valence-corrected chi connectivity index (χ4v) is 2.63. The molecule has 0 aliphatic rings. The van der Waals surface area contributed by atoms with Crippen LogP contribution in [0, 0.1) is 12.3 Å². The van der Waals surface area contributed by atoms with Gasteiger partial charge in [0.15, 0.2) is 0 Å². The topological polar surface area (TPSA) is 52.6 Å². The van der Waals surface area contributed by atoms with Gasteiger partial charge in [-0.25, -0.2) is 0 Å². The average Bonchev–Trinajstić information content (AvgIpc) is 2.57. The number of terminal acetylenes is 1. The zero-order valence-electron chi connectivity index (χ0n) is 13.8. The first-order valence-corrected chi connectivity index (χ1v) is 9.23. The Bertz CT molecular complexity index is 920. The summed E-state index contributed by atoms with van der Waals surface area (Å²) in [6.07, 6.45) is 7.98. The highest BCUT2D eigenvalue weighted by molar-refractivity contribution is 7.86. The third-order valence-corrected chi connectivity index (χ3v) is 3.67. The molecule has 0 unspecified atom stereocenters. The lowest BCUT2D eigenvalue weighted by Crippen LogP contribution is -2.04. The molecular weight excluding hydrogens is 336 g/mol. The Hall–Kier alpha value is -2.97. The van der Waals surface area contributed by atoms with Gasteiger partial charge in [-0.15, -0.1) is 6.42 Å². The minimum atomic E-state index is -3.69. The zero-order valence-corrected chi connectivity index (χ0v) is 14.6. The molecule has 2 rings (SSSR count). The van der Waals surface area contributed by atoms with E-state index >= 15 is 0 Å². The van der Waals surface area contributed by atoms with Crippen molar-refractivity contribution in [2.75, 3.05) is 12.9 Å². The van der Waals surface area contributed by atoms with Crippen LogP contribution in [0.5, 0.6) is 5.75 Å². The minimum absolute atomic E-state index is 0.0282. The first-order valence-electron chi connectivity index (χ1n) is 7.42. The third kappa shape index (κ3) is 5.55. The third-order valence-electron chi connectivity index (χ3n) is 3.17. The Morgan fingerprint density at radius 3 is 2.44 bits per heavy atom. The Balaban J connectivity index is 2.51. The van der Waals surface area contributed by atoms with Gasteiger partial charge < -0.3 is 8.92 Å². The van der Waals surface area contributed by atoms with Crippen molar-refractivity contribution < 1.29 is 17.3 Å². The molecule has 0 N–H and O–H groups in total. The first kappa shape index (κ1) is 18.4. The smallest absolute Gasteiger partial charge is 0.306 e. The summed E-state index contributed by atoms with van der Waals surface area (Å²) in [6.45, 7) is 3.89. The van der Waals surface area contributed by atoms with Gasteiger partial charge in [-0.2, -0.15) is 8.42 Å². The van der Waals surface area contributed by atoms with Crippen LogP contribution in [0.3, 0.4) is 0 Å². The highest BCUT2D eigenvalue weighted by Crippen LogP contribution is 2.30. The molecule has 0 aliphatic carbocycles. The Morgan fingerprint density at radius 1 is 1.16 bits per heavy atom. The Labute approximate surface area is 148 Å².